The first kappa shape index (κ1) is 30.8. The van der Waals surface area contributed by atoms with Crippen molar-refractivity contribution < 1.29 is 27.5 Å². The van der Waals surface area contributed by atoms with E-state index in [4.69, 9.17) is 0 Å². The minimum atomic E-state index is -1.66. The van der Waals surface area contributed by atoms with Crippen LogP contribution < -0.4 is 0 Å². The molecule has 0 heterocycles. The second kappa shape index (κ2) is 14.7. The van der Waals surface area contributed by atoms with Gasteiger partial charge in [-0.15, -0.1) is 0 Å². The van der Waals surface area contributed by atoms with E-state index in [0.717, 1.165) is 24.8 Å². The number of halogens is 4. The van der Waals surface area contributed by atoms with Crippen molar-refractivity contribution in [3.8, 4) is 22.3 Å². The van der Waals surface area contributed by atoms with Crippen molar-refractivity contribution in [2.24, 2.45) is 5.92 Å². The lowest BCUT2D eigenvalue weighted by molar-refractivity contribution is 0.0692. The molecule has 1 fully saturated rings. The summed E-state index contributed by atoms with van der Waals surface area (Å²) in [5.74, 6) is -6.00. The Hall–Kier alpha value is -3.15. The summed E-state index contributed by atoms with van der Waals surface area (Å²) in [4.78, 5) is 11.6. The van der Waals surface area contributed by atoms with Gasteiger partial charge < -0.3 is 5.11 Å². The van der Waals surface area contributed by atoms with Crippen LogP contribution in [0, 0.1) is 29.2 Å². The topological polar surface area (TPSA) is 37.3 Å². The molecule has 2 nitrogen and oxygen atoms in total. The van der Waals surface area contributed by atoms with Crippen molar-refractivity contribution in [1.82, 2.24) is 0 Å². The number of hydrogen-bond acceptors (Lipinski definition) is 1. The molecule has 41 heavy (non-hydrogen) atoms. The van der Waals surface area contributed by atoms with Crippen LogP contribution in [0.5, 0.6) is 0 Å². The Kier molecular flexibility index (Phi) is 11.0. The standard InChI is InChI=1S/C35H40F4O2/c1-2-3-4-5-6-7-8-9-10-23-11-13-24(14-12-23)25-15-17-26(18-16-25)28-19-20-29(35(40)41)33(38)32(28)27-21-30(36)34(39)31(37)22-27/h15-24H,2-14H2,1H3,(H,40,41). The molecule has 1 N–H and O–H groups in total. The van der Waals surface area contributed by atoms with Crippen LogP contribution in [0.2, 0.25) is 0 Å². The van der Waals surface area contributed by atoms with E-state index in [9.17, 15) is 23.1 Å². The molecule has 1 aliphatic carbocycles. The van der Waals surface area contributed by atoms with Gasteiger partial charge in [0.1, 0.15) is 5.82 Å². The smallest absolute Gasteiger partial charge is 0.338 e. The number of rotatable bonds is 13. The summed E-state index contributed by atoms with van der Waals surface area (Å²) in [6.07, 6.45) is 16.7. The molecule has 3 aromatic rings. The monoisotopic (exact) mass is 568 g/mol. The molecule has 0 aromatic heterocycles. The zero-order valence-electron chi connectivity index (χ0n) is 23.8. The predicted octanol–water partition coefficient (Wildman–Crippen LogP) is 11.1. The molecule has 0 spiro atoms. The van der Waals surface area contributed by atoms with Gasteiger partial charge in [-0.2, -0.15) is 0 Å². The second-order valence-corrected chi connectivity index (χ2v) is 11.5. The maximum Gasteiger partial charge on any atom is 0.338 e. The van der Waals surface area contributed by atoms with E-state index in [1.165, 1.54) is 82.3 Å². The van der Waals surface area contributed by atoms with E-state index >= 15 is 4.39 Å². The minimum absolute atomic E-state index is 0.268. The van der Waals surface area contributed by atoms with Gasteiger partial charge in [0.05, 0.1) is 5.56 Å². The Morgan fingerprint density at radius 2 is 1.32 bits per heavy atom. The maximum atomic E-state index is 15.4. The van der Waals surface area contributed by atoms with Gasteiger partial charge >= 0.3 is 5.97 Å². The van der Waals surface area contributed by atoms with E-state index in [-0.39, 0.29) is 16.7 Å². The summed E-state index contributed by atoms with van der Waals surface area (Å²) in [6, 6.07) is 11.6. The van der Waals surface area contributed by atoms with Crippen molar-refractivity contribution in [3.05, 3.63) is 82.9 Å². The first-order valence-electron chi connectivity index (χ1n) is 15.1. The lowest BCUT2D eigenvalue weighted by Gasteiger charge is -2.29. The molecule has 0 atom stereocenters. The van der Waals surface area contributed by atoms with E-state index in [1.54, 1.807) is 0 Å². The quantitative estimate of drug-likeness (QED) is 0.126. The second-order valence-electron chi connectivity index (χ2n) is 11.5. The van der Waals surface area contributed by atoms with E-state index in [2.05, 4.69) is 6.92 Å². The molecule has 220 valence electrons. The van der Waals surface area contributed by atoms with Crippen LogP contribution in [-0.2, 0) is 0 Å². The van der Waals surface area contributed by atoms with Gasteiger partial charge in [-0.3, -0.25) is 0 Å². The zero-order valence-corrected chi connectivity index (χ0v) is 23.8. The lowest BCUT2D eigenvalue weighted by atomic mass is 9.77. The van der Waals surface area contributed by atoms with Crippen molar-refractivity contribution in [3.63, 3.8) is 0 Å². The number of hydrogen-bond donors (Lipinski definition) is 1. The Morgan fingerprint density at radius 3 is 1.90 bits per heavy atom. The average Bonchev–Trinajstić information content (AvgIpc) is 2.97. The number of unbranched alkanes of at least 4 members (excludes halogenated alkanes) is 7. The van der Waals surface area contributed by atoms with Crippen molar-refractivity contribution in [2.45, 2.75) is 96.3 Å². The molecule has 4 rings (SSSR count). The first-order valence-corrected chi connectivity index (χ1v) is 15.1. The highest BCUT2D eigenvalue weighted by molar-refractivity contribution is 5.94. The Morgan fingerprint density at radius 1 is 0.732 bits per heavy atom. The third-order valence-corrected chi connectivity index (χ3v) is 8.65. The fraction of sp³-hybridized carbons (Fsp3) is 0.457. The third kappa shape index (κ3) is 7.78. The SMILES string of the molecule is CCCCCCCCCCC1CCC(c2ccc(-c3ccc(C(=O)O)c(F)c3-c3cc(F)c(F)c(F)c3)cc2)CC1. The lowest BCUT2D eigenvalue weighted by Crippen LogP contribution is -2.13. The van der Waals surface area contributed by atoms with Crippen LogP contribution in [0.25, 0.3) is 22.3 Å². The van der Waals surface area contributed by atoms with Gasteiger partial charge in [-0.1, -0.05) is 95.0 Å². The van der Waals surface area contributed by atoms with Crippen molar-refractivity contribution >= 4 is 5.97 Å². The number of carboxylic acids is 1. The highest BCUT2D eigenvalue weighted by atomic mass is 19.2. The summed E-state index contributed by atoms with van der Waals surface area (Å²) >= 11 is 0. The molecule has 3 aromatic carbocycles. The van der Waals surface area contributed by atoms with Crippen LogP contribution >= 0.6 is 0 Å². The van der Waals surface area contributed by atoms with Crippen LogP contribution in [0.3, 0.4) is 0 Å². The minimum Gasteiger partial charge on any atom is -0.478 e. The molecule has 0 amide bonds. The molecule has 1 saturated carbocycles. The zero-order chi connectivity index (χ0) is 29.4. The van der Waals surface area contributed by atoms with E-state index in [0.29, 0.717) is 23.6 Å². The largest absolute Gasteiger partial charge is 0.478 e. The Balaban J connectivity index is 1.42. The first-order chi connectivity index (χ1) is 19.8. The maximum absolute atomic E-state index is 15.4. The molecule has 1 aliphatic rings. The highest BCUT2D eigenvalue weighted by Gasteiger charge is 2.24. The Labute approximate surface area is 240 Å². The summed E-state index contributed by atoms with van der Waals surface area (Å²) in [7, 11) is 0. The molecular formula is C35H40F4O2. The molecule has 0 aliphatic heterocycles. The summed E-state index contributed by atoms with van der Waals surface area (Å²) in [6.45, 7) is 2.25. The molecule has 0 saturated heterocycles. The normalized spacial score (nSPS) is 17.1. The summed E-state index contributed by atoms with van der Waals surface area (Å²) in [5, 5.41) is 9.41. The fourth-order valence-corrected chi connectivity index (χ4v) is 6.25. The molecule has 0 bridgehead atoms. The van der Waals surface area contributed by atoms with Crippen molar-refractivity contribution in [2.75, 3.05) is 0 Å². The van der Waals surface area contributed by atoms with Crippen LogP contribution in [-0.4, -0.2) is 11.1 Å². The number of benzene rings is 3. The summed E-state index contributed by atoms with van der Waals surface area (Å²) in [5.41, 5.74) is 0.871. The van der Waals surface area contributed by atoms with E-state index < -0.39 is 34.8 Å². The number of carbonyl (C=O) groups is 1. The summed E-state index contributed by atoms with van der Waals surface area (Å²) < 4.78 is 57.1. The molecule has 0 radical (unpaired) electrons. The van der Waals surface area contributed by atoms with Crippen LogP contribution in [0.15, 0.2) is 48.5 Å². The van der Waals surface area contributed by atoms with E-state index in [1.807, 2.05) is 24.3 Å². The van der Waals surface area contributed by atoms with Gasteiger partial charge in [0.25, 0.3) is 0 Å². The Bertz CT molecular complexity index is 1290. The fourth-order valence-electron chi connectivity index (χ4n) is 6.25. The van der Waals surface area contributed by atoms with Gasteiger partial charge in [0.15, 0.2) is 17.5 Å². The van der Waals surface area contributed by atoms with Gasteiger partial charge in [0, 0.05) is 5.56 Å². The van der Waals surface area contributed by atoms with Crippen LogP contribution in [0.1, 0.15) is 112 Å². The van der Waals surface area contributed by atoms with Gasteiger partial charge in [0.2, 0.25) is 0 Å². The number of aromatic carboxylic acids is 1. The number of carboxylic acid groups (broad SMARTS) is 1. The highest BCUT2D eigenvalue weighted by Crippen LogP contribution is 2.40. The molecule has 6 heteroatoms. The van der Waals surface area contributed by atoms with Crippen molar-refractivity contribution in [1.29, 1.82) is 0 Å². The average molecular weight is 569 g/mol. The molecular weight excluding hydrogens is 528 g/mol. The predicted molar refractivity (Wildman–Crippen MR) is 156 cm³/mol. The van der Waals surface area contributed by atoms with Crippen LogP contribution in [0.4, 0.5) is 17.6 Å². The van der Waals surface area contributed by atoms with Gasteiger partial charge in [-0.25, -0.2) is 22.4 Å². The third-order valence-electron chi connectivity index (χ3n) is 8.65. The van der Waals surface area contributed by atoms with Gasteiger partial charge in [-0.05, 0) is 78.0 Å². The molecule has 0 unspecified atom stereocenters.